The highest BCUT2D eigenvalue weighted by Gasteiger charge is 2.32. The largest absolute Gasteiger partial charge is 0.350 e. The highest BCUT2D eigenvalue weighted by Crippen LogP contribution is 2.36. The van der Waals surface area contributed by atoms with E-state index in [1.54, 1.807) is 11.9 Å². The Kier molecular flexibility index (Phi) is 5.32. The van der Waals surface area contributed by atoms with Gasteiger partial charge in [0.25, 0.3) is 0 Å². The van der Waals surface area contributed by atoms with Crippen LogP contribution in [0.2, 0.25) is 0 Å². The first-order valence-corrected chi connectivity index (χ1v) is 11.6. The predicted octanol–water partition coefficient (Wildman–Crippen LogP) is 4.18. The van der Waals surface area contributed by atoms with Crippen LogP contribution in [0.3, 0.4) is 0 Å². The van der Waals surface area contributed by atoms with Crippen molar-refractivity contribution in [2.75, 3.05) is 11.9 Å². The molecule has 0 saturated heterocycles. The van der Waals surface area contributed by atoms with Gasteiger partial charge in [-0.15, -0.1) is 11.3 Å². The quantitative estimate of drug-likeness (QED) is 0.659. The maximum absolute atomic E-state index is 13.1. The normalized spacial score (nSPS) is 19.0. The number of aryl methyl sites for hydroxylation is 2. The number of carbonyl (C=O) groups excluding carboxylic acids is 2. The summed E-state index contributed by atoms with van der Waals surface area (Å²) in [6.07, 6.45) is 3.60. The van der Waals surface area contributed by atoms with Gasteiger partial charge in [-0.1, -0.05) is 48.5 Å². The van der Waals surface area contributed by atoms with Gasteiger partial charge in [0.15, 0.2) is 5.13 Å². The molecule has 0 fully saturated rings. The van der Waals surface area contributed by atoms with E-state index in [0.29, 0.717) is 11.7 Å². The second kappa shape index (κ2) is 8.27. The number of nitrogens with zero attached hydrogens (tertiary/aromatic N) is 2. The molecule has 0 radical (unpaired) electrons. The Hall–Kier alpha value is -2.99. The number of hydrogen-bond donors (Lipinski definition) is 1. The van der Waals surface area contributed by atoms with Gasteiger partial charge in [0.2, 0.25) is 11.8 Å². The number of fused-ring (bicyclic) bond motifs is 2. The highest BCUT2D eigenvalue weighted by molar-refractivity contribution is 7.14. The van der Waals surface area contributed by atoms with E-state index in [-0.39, 0.29) is 23.7 Å². The van der Waals surface area contributed by atoms with Crippen molar-refractivity contribution in [3.8, 4) is 0 Å². The Morgan fingerprint density at radius 1 is 1.00 bits per heavy atom. The van der Waals surface area contributed by atoms with Crippen molar-refractivity contribution in [3.63, 3.8) is 0 Å². The Morgan fingerprint density at radius 3 is 2.32 bits per heavy atom. The third-order valence-electron chi connectivity index (χ3n) is 6.48. The maximum atomic E-state index is 13.1. The fourth-order valence-corrected chi connectivity index (χ4v) is 5.60. The minimum atomic E-state index is -0.101. The SMILES string of the molecule is CN(C(=O)C1CCc2ccccc21)c1nc(CNC(=O)C2CCc3ccccc32)cs1. The van der Waals surface area contributed by atoms with Crippen molar-refractivity contribution in [3.05, 3.63) is 81.9 Å². The fraction of sp³-hybridized carbons (Fsp3) is 0.320. The summed E-state index contributed by atoms with van der Waals surface area (Å²) in [4.78, 5) is 32.1. The summed E-state index contributed by atoms with van der Waals surface area (Å²) in [6, 6.07) is 16.4. The first-order valence-electron chi connectivity index (χ1n) is 10.8. The number of likely N-dealkylation sites (N-methyl/N-ethyl adjacent to an activating group) is 1. The van der Waals surface area contributed by atoms with Crippen LogP contribution in [0.5, 0.6) is 0 Å². The average molecular weight is 432 g/mol. The van der Waals surface area contributed by atoms with Crippen LogP contribution in [0.1, 0.15) is 52.6 Å². The molecule has 2 atom stereocenters. The molecule has 1 N–H and O–H groups in total. The van der Waals surface area contributed by atoms with Gasteiger partial charge in [-0.05, 0) is 47.9 Å². The number of aromatic nitrogens is 1. The molecule has 31 heavy (non-hydrogen) atoms. The van der Waals surface area contributed by atoms with E-state index in [1.807, 2.05) is 29.6 Å². The molecule has 3 aromatic rings. The van der Waals surface area contributed by atoms with Crippen LogP contribution in [0.4, 0.5) is 5.13 Å². The van der Waals surface area contributed by atoms with Crippen LogP contribution in [-0.4, -0.2) is 23.8 Å². The molecule has 0 bridgehead atoms. The van der Waals surface area contributed by atoms with Gasteiger partial charge in [-0.2, -0.15) is 0 Å². The van der Waals surface area contributed by atoms with Gasteiger partial charge in [0.1, 0.15) is 0 Å². The zero-order valence-corrected chi connectivity index (χ0v) is 18.3. The van der Waals surface area contributed by atoms with E-state index in [2.05, 4.69) is 34.6 Å². The van der Waals surface area contributed by atoms with Gasteiger partial charge in [0.05, 0.1) is 24.1 Å². The molecule has 0 aliphatic heterocycles. The van der Waals surface area contributed by atoms with E-state index in [1.165, 1.54) is 22.5 Å². The van der Waals surface area contributed by atoms with Crippen molar-refractivity contribution in [2.45, 2.75) is 44.1 Å². The lowest BCUT2D eigenvalue weighted by Crippen LogP contribution is -2.31. The molecule has 158 valence electrons. The summed E-state index contributed by atoms with van der Waals surface area (Å²) >= 11 is 1.44. The Balaban J connectivity index is 1.21. The number of hydrogen-bond acceptors (Lipinski definition) is 4. The summed E-state index contributed by atoms with van der Waals surface area (Å²) in [6.45, 7) is 0.377. The van der Waals surface area contributed by atoms with Crippen molar-refractivity contribution in [1.82, 2.24) is 10.3 Å². The number of rotatable bonds is 5. The minimum absolute atomic E-state index is 0.0477. The van der Waals surface area contributed by atoms with E-state index in [9.17, 15) is 9.59 Å². The number of benzene rings is 2. The zero-order chi connectivity index (χ0) is 21.4. The Labute approximate surface area is 186 Å². The van der Waals surface area contributed by atoms with Crippen molar-refractivity contribution >= 4 is 28.3 Å². The standard InChI is InChI=1S/C25H25N3O2S/c1-28(24(30)22-13-11-17-7-3-5-9-20(17)22)25-27-18(15-31-25)14-26-23(29)21-12-10-16-6-2-4-8-19(16)21/h2-9,15,21-22H,10-14H2,1H3,(H,26,29). The number of amides is 2. The van der Waals surface area contributed by atoms with Crippen LogP contribution < -0.4 is 10.2 Å². The molecule has 5 nitrogen and oxygen atoms in total. The van der Waals surface area contributed by atoms with Gasteiger partial charge in [0, 0.05) is 12.4 Å². The van der Waals surface area contributed by atoms with Gasteiger partial charge >= 0.3 is 0 Å². The number of nitrogens with one attached hydrogen (secondary N) is 1. The molecule has 6 heteroatoms. The summed E-state index contributed by atoms with van der Waals surface area (Å²) in [5, 5.41) is 5.63. The average Bonchev–Trinajstić information content (AvgIpc) is 3.54. The molecule has 2 aliphatic carbocycles. The predicted molar refractivity (Wildman–Crippen MR) is 122 cm³/mol. The monoisotopic (exact) mass is 431 g/mol. The van der Waals surface area contributed by atoms with Gasteiger partial charge in [-0.25, -0.2) is 4.98 Å². The molecule has 0 spiro atoms. The number of carbonyl (C=O) groups is 2. The molecule has 1 aromatic heterocycles. The topological polar surface area (TPSA) is 62.3 Å². The lowest BCUT2D eigenvalue weighted by atomic mass is 10.0. The Bertz CT molecular complexity index is 1140. The number of thiazole rings is 1. The highest BCUT2D eigenvalue weighted by atomic mass is 32.1. The molecule has 2 aliphatic rings. The molecular weight excluding hydrogens is 406 g/mol. The smallest absolute Gasteiger partial charge is 0.236 e. The molecule has 2 unspecified atom stereocenters. The van der Waals surface area contributed by atoms with Crippen molar-refractivity contribution in [1.29, 1.82) is 0 Å². The first kappa shape index (κ1) is 19.9. The summed E-state index contributed by atoms with van der Waals surface area (Å²) < 4.78 is 0. The van der Waals surface area contributed by atoms with Gasteiger partial charge in [-0.3, -0.25) is 14.5 Å². The molecule has 1 heterocycles. The van der Waals surface area contributed by atoms with Crippen LogP contribution in [0.15, 0.2) is 53.9 Å². The van der Waals surface area contributed by atoms with E-state index in [4.69, 9.17) is 0 Å². The third kappa shape index (κ3) is 3.76. The summed E-state index contributed by atoms with van der Waals surface area (Å²) in [7, 11) is 1.79. The molecule has 5 rings (SSSR count). The molecule has 2 aromatic carbocycles. The van der Waals surface area contributed by atoms with Crippen LogP contribution in [0.25, 0.3) is 0 Å². The molecule has 0 saturated carbocycles. The summed E-state index contributed by atoms with van der Waals surface area (Å²) in [5.41, 5.74) is 5.60. The van der Waals surface area contributed by atoms with Crippen LogP contribution in [0, 0.1) is 0 Å². The van der Waals surface area contributed by atoms with Crippen LogP contribution in [-0.2, 0) is 29.0 Å². The lowest BCUT2D eigenvalue weighted by molar-refractivity contribution is -0.122. The molecule has 2 amide bonds. The zero-order valence-electron chi connectivity index (χ0n) is 17.5. The second-order valence-corrected chi connectivity index (χ2v) is 9.15. The molecular formula is C25H25N3O2S. The summed E-state index contributed by atoms with van der Waals surface area (Å²) in [5.74, 6) is -0.0550. The van der Waals surface area contributed by atoms with E-state index >= 15 is 0 Å². The maximum Gasteiger partial charge on any atom is 0.236 e. The van der Waals surface area contributed by atoms with E-state index in [0.717, 1.165) is 42.5 Å². The fourth-order valence-electron chi connectivity index (χ4n) is 4.80. The first-order chi connectivity index (χ1) is 15.1. The van der Waals surface area contributed by atoms with Crippen molar-refractivity contribution < 1.29 is 9.59 Å². The van der Waals surface area contributed by atoms with Crippen molar-refractivity contribution in [2.24, 2.45) is 0 Å². The lowest BCUT2D eigenvalue weighted by Gasteiger charge is -2.19. The Morgan fingerprint density at radius 2 is 1.61 bits per heavy atom. The third-order valence-corrected chi connectivity index (χ3v) is 7.45. The van der Waals surface area contributed by atoms with E-state index < -0.39 is 0 Å². The second-order valence-electron chi connectivity index (χ2n) is 8.32. The van der Waals surface area contributed by atoms with Crippen LogP contribution >= 0.6 is 11.3 Å². The number of anilines is 1. The van der Waals surface area contributed by atoms with Gasteiger partial charge < -0.3 is 5.32 Å². The minimum Gasteiger partial charge on any atom is -0.350 e.